The standard InChI is InChI=1S/C14H18BrN3O3/c1-9(11-4-3-10(15)7-16-11)17-13(21)18-6-5-14(2,8-18)12(19)20/h3-4,7,9H,5-6,8H2,1-2H3,(H,17,21)(H,19,20). The molecule has 0 aliphatic carbocycles. The number of hydrogen-bond acceptors (Lipinski definition) is 3. The van der Waals surface area contributed by atoms with Crippen LogP contribution in [0.3, 0.4) is 0 Å². The van der Waals surface area contributed by atoms with E-state index in [1.807, 2.05) is 19.1 Å². The number of nitrogens with one attached hydrogen (secondary N) is 1. The van der Waals surface area contributed by atoms with E-state index in [-0.39, 0.29) is 18.6 Å². The van der Waals surface area contributed by atoms with Gasteiger partial charge < -0.3 is 15.3 Å². The Hall–Kier alpha value is -1.63. The van der Waals surface area contributed by atoms with Gasteiger partial charge in [0.1, 0.15) is 0 Å². The van der Waals surface area contributed by atoms with Crippen LogP contribution < -0.4 is 5.32 Å². The van der Waals surface area contributed by atoms with Gasteiger partial charge in [0, 0.05) is 23.8 Å². The van der Waals surface area contributed by atoms with E-state index in [0.29, 0.717) is 13.0 Å². The van der Waals surface area contributed by atoms with Crippen molar-refractivity contribution < 1.29 is 14.7 Å². The molecule has 1 fully saturated rings. The minimum atomic E-state index is -0.861. The first-order chi connectivity index (χ1) is 9.82. The van der Waals surface area contributed by atoms with Gasteiger partial charge in [-0.1, -0.05) is 0 Å². The lowest BCUT2D eigenvalue weighted by molar-refractivity contribution is -0.146. The van der Waals surface area contributed by atoms with Crippen LogP contribution in [0.25, 0.3) is 0 Å². The van der Waals surface area contributed by atoms with Crippen LogP contribution in [-0.4, -0.2) is 40.1 Å². The Kier molecular flexibility index (Phi) is 4.51. The molecule has 2 unspecified atom stereocenters. The number of halogens is 1. The molecule has 6 nitrogen and oxygen atoms in total. The van der Waals surface area contributed by atoms with Crippen LogP contribution in [0.2, 0.25) is 0 Å². The van der Waals surface area contributed by atoms with E-state index in [4.69, 9.17) is 0 Å². The maximum Gasteiger partial charge on any atom is 0.317 e. The average Bonchev–Trinajstić information content (AvgIpc) is 2.83. The van der Waals surface area contributed by atoms with Crippen molar-refractivity contribution in [2.24, 2.45) is 5.41 Å². The van der Waals surface area contributed by atoms with Gasteiger partial charge in [-0.05, 0) is 48.3 Å². The third kappa shape index (κ3) is 3.53. The van der Waals surface area contributed by atoms with E-state index in [9.17, 15) is 14.7 Å². The normalized spacial score (nSPS) is 22.9. The Morgan fingerprint density at radius 2 is 2.24 bits per heavy atom. The average molecular weight is 356 g/mol. The van der Waals surface area contributed by atoms with Crippen molar-refractivity contribution in [3.05, 3.63) is 28.5 Å². The van der Waals surface area contributed by atoms with Gasteiger partial charge in [0.15, 0.2) is 0 Å². The maximum atomic E-state index is 12.2. The minimum absolute atomic E-state index is 0.231. The van der Waals surface area contributed by atoms with Crippen molar-refractivity contribution in [1.29, 1.82) is 0 Å². The van der Waals surface area contributed by atoms with Crippen LogP contribution in [0.4, 0.5) is 4.79 Å². The Balaban J connectivity index is 1.96. The lowest BCUT2D eigenvalue weighted by Crippen LogP contribution is -2.41. The van der Waals surface area contributed by atoms with E-state index in [1.54, 1.807) is 18.0 Å². The second kappa shape index (κ2) is 6.01. The Labute approximate surface area is 131 Å². The molecular weight excluding hydrogens is 338 g/mol. The molecule has 1 aromatic heterocycles. The molecule has 0 saturated carbocycles. The lowest BCUT2D eigenvalue weighted by atomic mass is 9.90. The highest BCUT2D eigenvalue weighted by molar-refractivity contribution is 9.10. The second-order valence-electron chi connectivity index (χ2n) is 5.61. The summed E-state index contributed by atoms with van der Waals surface area (Å²) < 4.78 is 0.876. The Bertz CT molecular complexity index is 549. The third-order valence-electron chi connectivity index (χ3n) is 3.81. The van der Waals surface area contributed by atoms with Crippen LogP contribution >= 0.6 is 15.9 Å². The van der Waals surface area contributed by atoms with Crippen molar-refractivity contribution in [1.82, 2.24) is 15.2 Å². The monoisotopic (exact) mass is 355 g/mol. The molecule has 2 amide bonds. The van der Waals surface area contributed by atoms with Crippen LogP contribution in [0, 0.1) is 5.41 Å². The first kappa shape index (κ1) is 15.8. The predicted molar refractivity (Wildman–Crippen MR) is 80.8 cm³/mol. The van der Waals surface area contributed by atoms with E-state index < -0.39 is 11.4 Å². The number of carbonyl (C=O) groups excluding carboxylic acids is 1. The topological polar surface area (TPSA) is 82.5 Å². The van der Waals surface area contributed by atoms with Gasteiger partial charge in [0.25, 0.3) is 0 Å². The first-order valence-electron chi connectivity index (χ1n) is 6.72. The number of likely N-dealkylation sites (tertiary alicyclic amines) is 1. The third-order valence-corrected chi connectivity index (χ3v) is 4.28. The van der Waals surface area contributed by atoms with Crippen LogP contribution in [0.5, 0.6) is 0 Å². The molecule has 0 spiro atoms. The van der Waals surface area contributed by atoms with E-state index >= 15 is 0 Å². The summed E-state index contributed by atoms with van der Waals surface area (Å²) >= 11 is 3.31. The number of urea groups is 1. The number of carboxylic acids is 1. The zero-order valence-electron chi connectivity index (χ0n) is 12.0. The van der Waals surface area contributed by atoms with E-state index in [0.717, 1.165) is 10.2 Å². The van der Waals surface area contributed by atoms with Gasteiger partial charge in [0.2, 0.25) is 0 Å². The summed E-state index contributed by atoms with van der Waals surface area (Å²) in [6.45, 7) is 4.20. The smallest absolute Gasteiger partial charge is 0.317 e. The highest BCUT2D eigenvalue weighted by Crippen LogP contribution is 2.30. The van der Waals surface area contributed by atoms with Crippen molar-refractivity contribution in [2.45, 2.75) is 26.3 Å². The van der Waals surface area contributed by atoms with Gasteiger partial charge in [-0.15, -0.1) is 0 Å². The highest BCUT2D eigenvalue weighted by Gasteiger charge is 2.42. The summed E-state index contributed by atoms with van der Waals surface area (Å²) in [5, 5.41) is 12.0. The number of nitrogens with zero attached hydrogens (tertiary/aromatic N) is 2. The fourth-order valence-electron chi connectivity index (χ4n) is 2.30. The number of pyridine rings is 1. The van der Waals surface area contributed by atoms with Gasteiger partial charge >= 0.3 is 12.0 Å². The lowest BCUT2D eigenvalue weighted by Gasteiger charge is -2.22. The largest absolute Gasteiger partial charge is 0.481 e. The van der Waals surface area contributed by atoms with E-state index in [2.05, 4.69) is 26.2 Å². The molecule has 2 N–H and O–H groups in total. The fraction of sp³-hybridized carbons (Fsp3) is 0.500. The number of hydrogen-bond donors (Lipinski definition) is 2. The van der Waals surface area contributed by atoms with Gasteiger partial charge in [0.05, 0.1) is 17.2 Å². The first-order valence-corrected chi connectivity index (χ1v) is 7.51. The zero-order valence-corrected chi connectivity index (χ0v) is 13.6. The molecule has 1 aliphatic heterocycles. The van der Waals surface area contributed by atoms with E-state index in [1.165, 1.54) is 0 Å². The molecule has 1 aliphatic rings. The SMILES string of the molecule is CC(NC(=O)N1CCC(C)(C(=O)O)C1)c1ccc(Br)cn1. The van der Waals surface area contributed by atoms with Crippen molar-refractivity contribution in [3.63, 3.8) is 0 Å². The van der Waals surface area contributed by atoms with Gasteiger partial charge in [-0.25, -0.2) is 4.79 Å². The molecule has 0 radical (unpaired) electrons. The number of carboxylic acid groups (broad SMARTS) is 1. The van der Waals surface area contributed by atoms with Gasteiger partial charge in [-0.3, -0.25) is 9.78 Å². The molecule has 7 heteroatoms. The summed E-state index contributed by atoms with van der Waals surface area (Å²) in [6.07, 6.45) is 2.15. The number of carbonyl (C=O) groups is 2. The minimum Gasteiger partial charge on any atom is -0.481 e. The highest BCUT2D eigenvalue weighted by atomic mass is 79.9. The van der Waals surface area contributed by atoms with Crippen molar-refractivity contribution in [2.75, 3.05) is 13.1 Å². The molecule has 2 heterocycles. The summed E-state index contributed by atoms with van der Waals surface area (Å²) in [5.41, 5.74) is -0.0945. The zero-order chi connectivity index (χ0) is 15.6. The maximum absolute atomic E-state index is 12.2. The molecule has 2 atom stereocenters. The number of amides is 2. The fourth-order valence-corrected chi connectivity index (χ4v) is 2.54. The number of rotatable bonds is 3. The molecule has 114 valence electrons. The Morgan fingerprint density at radius 1 is 1.52 bits per heavy atom. The van der Waals surface area contributed by atoms with Gasteiger partial charge in [-0.2, -0.15) is 0 Å². The van der Waals surface area contributed by atoms with Crippen molar-refractivity contribution in [3.8, 4) is 0 Å². The number of aromatic nitrogens is 1. The molecule has 1 saturated heterocycles. The summed E-state index contributed by atoms with van der Waals surface area (Å²) in [7, 11) is 0. The van der Waals surface area contributed by atoms with Crippen LogP contribution in [-0.2, 0) is 4.79 Å². The number of aliphatic carboxylic acids is 1. The molecule has 21 heavy (non-hydrogen) atoms. The summed E-state index contributed by atoms with van der Waals surface area (Å²) in [4.78, 5) is 29.2. The Morgan fingerprint density at radius 3 is 2.76 bits per heavy atom. The van der Waals surface area contributed by atoms with Crippen LogP contribution in [0.15, 0.2) is 22.8 Å². The molecule has 0 aromatic carbocycles. The molecule has 0 bridgehead atoms. The summed E-state index contributed by atoms with van der Waals surface area (Å²) in [6, 6.07) is 3.21. The molecular formula is C14H18BrN3O3. The summed E-state index contributed by atoms with van der Waals surface area (Å²) in [5.74, 6) is -0.861. The quantitative estimate of drug-likeness (QED) is 0.871. The molecule has 1 aromatic rings. The van der Waals surface area contributed by atoms with Crippen LogP contribution in [0.1, 0.15) is 32.0 Å². The predicted octanol–water partition coefficient (Wildman–Crippen LogP) is 2.41. The second-order valence-corrected chi connectivity index (χ2v) is 6.53. The van der Waals surface area contributed by atoms with Crippen molar-refractivity contribution >= 4 is 27.9 Å². The molecule has 2 rings (SSSR count).